The van der Waals surface area contributed by atoms with E-state index in [1.54, 1.807) is 49.4 Å². The van der Waals surface area contributed by atoms with Crippen LogP contribution in [0.5, 0.6) is 11.5 Å². The van der Waals surface area contributed by atoms with Gasteiger partial charge in [-0.25, -0.2) is 4.79 Å². The first-order chi connectivity index (χ1) is 30.0. The lowest BCUT2D eigenvalue weighted by atomic mass is 9.96. The number of benzene rings is 3. The van der Waals surface area contributed by atoms with Crippen LogP contribution in [0.4, 0.5) is 0 Å². The van der Waals surface area contributed by atoms with Crippen molar-refractivity contribution in [1.29, 1.82) is 0 Å². The van der Waals surface area contributed by atoms with Gasteiger partial charge >= 0.3 is 5.97 Å². The summed E-state index contributed by atoms with van der Waals surface area (Å²) in [5.41, 5.74) is 13.5. The standard InChI is InChI=1S/C44H60N8O11/c1-3-26(2)38(52-39(57)32(46)21-28-12-16-30(54)17-13-28)43(61)51-34(23-29-14-18-31(55)19-15-29)40(58)47-24-37(56)48-36(25-53)42(60)50-35(22-27-9-5-4-6-10-27)41(59)49-33(44(62)63)11-7-8-20-45/h4-6,9-10,12-19,26,32-36,38,53-55H,3,7-8,11,20-25,45-46H2,1-2H3,(H,47,58)(H,48,56)(H,49,59)(H,50,60)(H,51,61)(H,52,57)(H,62,63)/t26-,32-,33-,34-,35-,36-,38-/m0/s1. The lowest BCUT2D eigenvalue weighted by Crippen LogP contribution is -2.59. The van der Waals surface area contributed by atoms with Crippen LogP contribution in [-0.4, -0.2) is 118 Å². The smallest absolute Gasteiger partial charge is 0.326 e. The van der Waals surface area contributed by atoms with E-state index >= 15 is 0 Å². The number of phenols is 2. The third-order valence-electron chi connectivity index (χ3n) is 10.3. The number of carboxylic acid groups (broad SMARTS) is 1. The molecule has 3 aromatic rings. The van der Waals surface area contributed by atoms with Crippen LogP contribution in [0.3, 0.4) is 0 Å². The first-order valence-corrected chi connectivity index (χ1v) is 20.7. The molecular weight excluding hydrogens is 817 g/mol. The molecular formula is C44H60N8O11. The van der Waals surface area contributed by atoms with E-state index in [1.807, 2.05) is 6.92 Å². The molecule has 0 aliphatic carbocycles. The van der Waals surface area contributed by atoms with Gasteiger partial charge in [-0.15, -0.1) is 0 Å². The van der Waals surface area contributed by atoms with Crippen molar-refractivity contribution in [3.63, 3.8) is 0 Å². The highest BCUT2D eigenvalue weighted by Gasteiger charge is 2.33. The zero-order valence-corrected chi connectivity index (χ0v) is 35.4. The van der Waals surface area contributed by atoms with Crippen LogP contribution in [0, 0.1) is 5.92 Å². The average Bonchev–Trinajstić information content (AvgIpc) is 3.26. The molecule has 19 nitrogen and oxygen atoms in total. The number of unbranched alkanes of at least 4 members (excludes halogenated alkanes) is 1. The van der Waals surface area contributed by atoms with Gasteiger partial charge in [0.2, 0.25) is 35.4 Å². The monoisotopic (exact) mass is 876 g/mol. The molecule has 0 saturated carbocycles. The Morgan fingerprint density at radius 3 is 1.65 bits per heavy atom. The number of aliphatic hydroxyl groups is 1. The number of amides is 6. The highest BCUT2D eigenvalue weighted by molar-refractivity contribution is 5.96. The van der Waals surface area contributed by atoms with Gasteiger partial charge in [-0.05, 0) is 79.1 Å². The second-order valence-corrected chi connectivity index (χ2v) is 15.2. The Morgan fingerprint density at radius 1 is 0.603 bits per heavy atom. The van der Waals surface area contributed by atoms with Gasteiger partial charge in [0.05, 0.1) is 19.2 Å². The van der Waals surface area contributed by atoms with Gasteiger partial charge in [-0.1, -0.05) is 74.9 Å². The molecule has 0 radical (unpaired) electrons. The summed E-state index contributed by atoms with van der Waals surface area (Å²) in [7, 11) is 0. The van der Waals surface area contributed by atoms with E-state index in [9.17, 15) is 54.0 Å². The van der Waals surface area contributed by atoms with Crippen molar-refractivity contribution in [2.45, 2.75) is 95.0 Å². The summed E-state index contributed by atoms with van der Waals surface area (Å²) in [4.78, 5) is 92.6. The van der Waals surface area contributed by atoms with Crippen molar-refractivity contribution in [3.05, 3.63) is 95.6 Å². The summed E-state index contributed by atoms with van der Waals surface area (Å²) in [5, 5.41) is 54.2. The predicted molar refractivity (Wildman–Crippen MR) is 231 cm³/mol. The minimum Gasteiger partial charge on any atom is -0.508 e. The van der Waals surface area contributed by atoms with Crippen LogP contribution in [0.2, 0.25) is 0 Å². The fourth-order valence-corrected chi connectivity index (χ4v) is 6.36. The number of aliphatic carboxylic acids is 1. The summed E-state index contributed by atoms with van der Waals surface area (Å²) in [5.74, 6) is -6.56. The molecule has 0 aromatic heterocycles. The summed E-state index contributed by atoms with van der Waals surface area (Å²) < 4.78 is 0. The van der Waals surface area contributed by atoms with Crippen molar-refractivity contribution in [2.24, 2.45) is 17.4 Å². The molecule has 0 spiro atoms. The predicted octanol–water partition coefficient (Wildman–Crippen LogP) is -0.755. The molecule has 0 aliphatic rings. The molecule has 14 N–H and O–H groups in total. The van der Waals surface area contributed by atoms with Crippen LogP contribution in [0.15, 0.2) is 78.9 Å². The Labute approximate surface area is 365 Å². The molecule has 0 aliphatic heterocycles. The fourth-order valence-electron chi connectivity index (χ4n) is 6.36. The van der Waals surface area contributed by atoms with Gasteiger partial charge in [-0.3, -0.25) is 28.8 Å². The number of aliphatic hydroxyl groups excluding tert-OH is 1. The number of carbonyl (C=O) groups excluding carboxylic acids is 6. The molecule has 63 heavy (non-hydrogen) atoms. The van der Waals surface area contributed by atoms with E-state index in [1.165, 1.54) is 36.4 Å². The normalized spacial score (nSPS) is 14.3. The number of hydrogen-bond acceptors (Lipinski definition) is 12. The Kier molecular flexibility index (Phi) is 21.0. The SMILES string of the molecule is CC[C@H](C)[C@H](NC(=O)[C@@H](N)Cc1ccc(O)cc1)C(=O)N[C@@H](Cc1ccc(O)cc1)C(=O)NCC(=O)N[C@@H](CO)C(=O)N[C@@H](Cc1ccccc1)C(=O)N[C@@H](CCCCN)C(=O)O. The zero-order chi connectivity index (χ0) is 46.5. The fraction of sp³-hybridized carbons (Fsp3) is 0.432. The highest BCUT2D eigenvalue weighted by Crippen LogP contribution is 2.15. The van der Waals surface area contributed by atoms with Crippen molar-refractivity contribution in [2.75, 3.05) is 19.7 Å². The Hall–Kier alpha value is -6.57. The molecule has 6 amide bonds. The maximum Gasteiger partial charge on any atom is 0.326 e. The van der Waals surface area contributed by atoms with E-state index < -0.39 is 96.7 Å². The maximum absolute atomic E-state index is 13.8. The maximum atomic E-state index is 13.8. The van der Waals surface area contributed by atoms with Gasteiger partial charge < -0.3 is 63.8 Å². The van der Waals surface area contributed by atoms with Crippen molar-refractivity contribution >= 4 is 41.4 Å². The minimum absolute atomic E-state index is 0.0408. The molecule has 0 saturated heterocycles. The number of hydrogen-bond donors (Lipinski definition) is 12. The van der Waals surface area contributed by atoms with Crippen molar-refractivity contribution in [3.8, 4) is 11.5 Å². The summed E-state index contributed by atoms with van der Waals surface area (Å²) in [6.07, 6.45) is 1.46. The number of phenolic OH excluding ortho intramolecular Hbond substituents is 2. The third kappa shape index (κ3) is 17.4. The van der Waals surface area contributed by atoms with Crippen LogP contribution >= 0.6 is 0 Å². The molecule has 0 heterocycles. The Bertz CT molecular complexity index is 1970. The van der Waals surface area contributed by atoms with Gasteiger partial charge in [0.25, 0.3) is 0 Å². The van der Waals surface area contributed by atoms with Crippen LogP contribution in [0.25, 0.3) is 0 Å². The molecule has 3 aromatic carbocycles. The van der Waals surface area contributed by atoms with E-state index in [4.69, 9.17) is 11.5 Å². The molecule has 3 rings (SSSR count). The Balaban J connectivity index is 1.72. The number of nitrogens with two attached hydrogens (primary N) is 2. The molecule has 342 valence electrons. The van der Waals surface area contributed by atoms with Crippen LogP contribution < -0.4 is 43.4 Å². The first-order valence-electron chi connectivity index (χ1n) is 20.7. The van der Waals surface area contributed by atoms with Crippen LogP contribution in [-0.2, 0) is 52.8 Å². The molecule has 0 unspecified atom stereocenters. The van der Waals surface area contributed by atoms with E-state index in [0.717, 1.165) is 0 Å². The molecule has 7 atom stereocenters. The van der Waals surface area contributed by atoms with Crippen molar-refractivity contribution < 1.29 is 54.0 Å². The van der Waals surface area contributed by atoms with Gasteiger partial charge in [0.1, 0.15) is 41.7 Å². The van der Waals surface area contributed by atoms with Gasteiger partial charge in [0.15, 0.2) is 0 Å². The Morgan fingerprint density at radius 2 is 1.11 bits per heavy atom. The highest BCUT2D eigenvalue weighted by atomic mass is 16.4. The number of rotatable bonds is 26. The van der Waals surface area contributed by atoms with E-state index in [0.29, 0.717) is 42.5 Å². The zero-order valence-electron chi connectivity index (χ0n) is 35.4. The summed E-state index contributed by atoms with van der Waals surface area (Å²) >= 11 is 0. The first kappa shape index (κ1) is 50.8. The molecule has 0 bridgehead atoms. The average molecular weight is 877 g/mol. The summed E-state index contributed by atoms with van der Waals surface area (Å²) in [6, 6.07) is 12.9. The third-order valence-corrected chi connectivity index (χ3v) is 10.3. The second-order valence-electron chi connectivity index (χ2n) is 15.2. The molecule has 19 heteroatoms. The van der Waals surface area contributed by atoms with Crippen LogP contribution in [0.1, 0.15) is 56.2 Å². The molecule has 0 fully saturated rings. The number of aromatic hydroxyl groups is 2. The lowest BCUT2D eigenvalue weighted by molar-refractivity contribution is -0.142. The number of nitrogens with one attached hydrogen (secondary N) is 6. The topological polar surface area (TPSA) is 325 Å². The quantitative estimate of drug-likeness (QED) is 0.0442. The largest absolute Gasteiger partial charge is 0.508 e. The van der Waals surface area contributed by atoms with Gasteiger partial charge in [0, 0.05) is 12.8 Å². The minimum atomic E-state index is -1.60. The number of carboxylic acids is 1. The van der Waals surface area contributed by atoms with E-state index in [2.05, 4.69) is 31.9 Å². The van der Waals surface area contributed by atoms with Crippen molar-refractivity contribution in [1.82, 2.24) is 31.9 Å². The lowest BCUT2D eigenvalue weighted by Gasteiger charge is -2.27. The number of carbonyl (C=O) groups is 7. The van der Waals surface area contributed by atoms with E-state index in [-0.39, 0.29) is 37.2 Å². The second kappa shape index (κ2) is 26.0. The summed E-state index contributed by atoms with van der Waals surface area (Å²) in [6.45, 7) is 2.24. The van der Waals surface area contributed by atoms with Gasteiger partial charge in [-0.2, -0.15) is 0 Å².